The molecular formula is C45H60ClN3O3S2. The fourth-order valence-electron chi connectivity index (χ4n) is 10.2. The molecule has 0 amide bonds. The van der Waals surface area contributed by atoms with Crippen LogP contribution in [0.2, 0.25) is 0 Å². The van der Waals surface area contributed by atoms with E-state index in [4.69, 9.17) is 10.5 Å². The molecule has 4 bridgehead atoms. The molecule has 6 nitrogen and oxygen atoms in total. The van der Waals surface area contributed by atoms with E-state index in [9.17, 15) is 9.59 Å². The minimum atomic E-state index is 0. The lowest BCUT2D eigenvalue weighted by Crippen LogP contribution is -2.67. The summed E-state index contributed by atoms with van der Waals surface area (Å²) in [5.41, 5.74) is 10.1. The molecule has 2 aromatic carbocycles. The average molecular weight is 791 g/mol. The summed E-state index contributed by atoms with van der Waals surface area (Å²) in [6.07, 6.45) is 11.0. The van der Waals surface area contributed by atoms with Gasteiger partial charge in [0.1, 0.15) is 0 Å². The number of nitrogens with zero attached hydrogens (tertiary/aromatic N) is 2. The van der Waals surface area contributed by atoms with Crippen LogP contribution in [0.4, 0.5) is 0 Å². The Morgan fingerprint density at radius 2 is 1.26 bits per heavy atom. The summed E-state index contributed by atoms with van der Waals surface area (Å²) >= 11 is 3.31. The van der Waals surface area contributed by atoms with E-state index < -0.39 is 0 Å². The average Bonchev–Trinajstić information content (AvgIpc) is 3.97. The van der Waals surface area contributed by atoms with Gasteiger partial charge in [-0.1, -0.05) is 61.6 Å². The molecule has 12 rings (SSSR count). The Morgan fingerprint density at radius 1 is 0.759 bits per heavy atom. The number of ketones is 1. The fraction of sp³-hybridized carbons (Fsp3) is 0.600. The highest BCUT2D eigenvalue weighted by Gasteiger charge is 2.48. The van der Waals surface area contributed by atoms with Crippen molar-refractivity contribution in [3.8, 4) is 5.06 Å². The summed E-state index contributed by atoms with van der Waals surface area (Å²) in [7, 11) is 0. The van der Waals surface area contributed by atoms with Crippen LogP contribution in [0.3, 0.4) is 0 Å². The highest BCUT2D eigenvalue weighted by molar-refractivity contribution is 7.21. The van der Waals surface area contributed by atoms with Gasteiger partial charge in [0.2, 0.25) is 0 Å². The Labute approximate surface area is 336 Å². The summed E-state index contributed by atoms with van der Waals surface area (Å²) in [6.45, 7) is 19.4. The maximum absolute atomic E-state index is 13.2. The molecular weight excluding hydrogens is 730 g/mol. The molecule has 2 atom stereocenters. The second kappa shape index (κ2) is 14.9. The molecule has 2 saturated carbocycles. The van der Waals surface area contributed by atoms with Gasteiger partial charge >= 0.3 is 0 Å². The van der Waals surface area contributed by atoms with Crippen molar-refractivity contribution < 1.29 is 14.3 Å². The Kier molecular flexibility index (Phi) is 11.0. The summed E-state index contributed by atoms with van der Waals surface area (Å²) < 4.78 is 7.53. The molecule has 8 heterocycles. The van der Waals surface area contributed by atoms with Gasteiger partial charge in [-0.25, -0.2) is 0 Å². The molecule has 2 N–H and O–H groups in total. The third kappa shape index (κ3) is 7.33. The van der Waals surface area contributed by atoms with E-state index in [0.717, 1.165) is 16.7 Å². The van der Waals surface area contributed by atoms with Crippen molar-refractivity contribution in [3.05, 3.63) is 64.5 Å². The zero-order chi connectivity index (χ0) is 37.3. The van der Waals surface area contributed by atoms with E-state index in [1.165, 1.54) is 109 Å². The predicted octanol–water partition coefficient (Wildman–Crippen LogP) is 10.4. The number of ether oxygens (including phenoxy) is 1. The first-order valence-electron chi connectivity index (χ1n) is 20.2. The third-order valence-electron chi connectivity index (χ3n) is 14.7. The van der Waals surface area contributed by atoms with E-state index in [1.54, 1.807) is 22.7 Å². The standard InChI is InChI=1S/C23H29NOS.C13H12O2S.C9H18N2.ClH/c1-22(2)18(15-7-11-24(22)12-8-15)14-19(25)20-13-16-5-4-6-17(21(16)26-20)23(3)9-10-23;1-13(5-6-13)10-4-2-3-9-7-11(15-8-14)16-12(9)10;1-9(2)8(10)7-3-5-11(9)6-4-7;/h4-6,13,15,18H,7-12,14H2,1-3H3;2-4,7-8H,5-6H2,1H3;7-8H,3-6,10H2,1-2H3;1H/t18-;;8-;/m1.1./s1. The van der Waals surface area contributed by atoms with Crippen molar-refractivity contribution >= 4 is 67.5 Å². The summed E-state index contributed by atoms with van der Waals surface area (Å²) in [4.78, 5) is 29.7. The zero-order valence-electron chi connectivity index (χ0n) is 33.1. The minimum Gasteiger partial charge on any atom is -0.418 e. The van der Waals surface area contributed by atoms with Gasteiger partial charge in [-0.3, -0.25) is 19.4 Å². The number of carbonyl (C=O) groups excluding carboxylic acids is 2. The van der Waals surface area contributed by atoms with Gasteiger partial charge in [0, 0.05) is 39.0 Å². The molecule has 54 heavy (non-hydrogen) atoms. The fourth-order valence-corrected chi connectivity index (χ4v) is 12.7. The number of halogens is 1. The van der Waals surface area contributed by atoms with Crippen LogP contribution in [0.15, 0.2) is 48.5 Å². The highest BCUT2D eigenvalue weighted by atomic mass is 35.5. The molecule has 6 saturated heterocycles. The summed E-state index contributed by atoms with van der Waals surface area (Å²) in [5, 5.41) is 3.12. The van der Waals surface area contributed by atoms with Gasteiger partial charge in [-0.15, -0.1) is 23.7 Å². The van der Waals surface area contributed by atoms with Gasteiger partial charge in [-0.2, -0.15) is 0 Å². The largest absolute Gasteiger partial charge is 0.418 e. The van der Waals surface area contributed by atoms with Crippen molar-refractivity contribution in [1.82, 2.24) is 9.80 Å². The van der Waals surface area contributed by atoms with Crippen LogP contribution < -0.4 is 10.5 Å². The molecule has 8 aliphatic rings. The molecule has 9 heteroatoms. The SMILES string of the molecule is CC1(C)[C@H](N)C2CCN1CC2.CC1(c2cccc3cc(C(=O)C[C@@H]4C5CCN(CC5)C4(C)C)sc23)CC1.CC1(c2cccc3cc(OC=O)sc23)CC1.Cl. The second-order valence-corrected chi connectivity index (χ2v) is 20.7. The van der Waals surface area contributed by atoms with Crippen LogP contribution >= 0.6 is 35.1 Å². The number of fused-ring (bicyclic) bond motifs is 8. The quantitative estimate of drug-likeness (QED) is 0.148. The van der Waals surface area contributed by atoms with Crippen LogP contribution in [-0.2, 0) is 15.6 Å². The highest BCUT2D eigenvalue weighted by Crippen LogP contribution is 2.53. The predicted molar refractivity (Wildman–Crippen MR) is 228 cm³/mol. The van der Waals surface area contributed by atoms with E-state index in [1.807, 2.05) is 6.07 Å². The number of Topliss-reactive ketones (excluding diaryl/α,β-unsaturated/α-hetero) is 1. The number of thiophene rings is 2. The maximum Gasteiger partial charge on any atom is 0.299 e. The molecule has 0 radical (unpaired) electrons. The number of carbonyl (C=O) groups is 2. The third-order valence-corrected chi connectivity index (χ3v) is 17.0. The number of hydrogen-bond acceptors (Lipinski definition) is 8. The zero-order valence-corrected chi connectivity index (χ0v) is 35.6. The van der Waals surface area contributed by atoms with E-state index in [0.29, 0.717) is 46.5 Å². The van der Waals surface area contributed by atoms with Gasteiger partial charge < -0.3 is 10.5 Å². The monoisotopic (exact) mass is 789 g/mol. The van der Waals surface area contributed by atoms with Crippen LogP contribution in [0.1, 0.15) is 120 Å². The Balaban J connectivity index is 0.000000137. The molecule has 8 fully saturated rings. The van der Waals surface area contributed by atoms with Crippen LogP contribution in [0, 0.1) is 17.8 Å². The molecule has 6 aliphatic heterocycles. The number of rotatable bonds is 7. The first-order valence-corrected chi connectivity index (χ1v) is 21.8. The topological polar surface area (TPSA) is 75.9 Å². The Hall–Kier alpha value is -2.33. The number of piperidine rings is 6. The van der Waals surface area contributed by atoms with Crippen molar-refractivity contribution in [1.29, 1.82) is 0 Å². The second-order valence-electron chi connectivity index (χ2n) is 18.7. The molecule has 0 spiro atoms. The van der Waals surface area contributed by atoms with Gasteiger partial charge in [0.15, 0.2) is 10.8 Å². The minimum absolute atomic E-state index is 0. The maximum atomic E-state index is 13.2. The first kappa shape index (κ1) is 39.9. The number of nitrogens with two attached hydrogens (primary N) is 1. The van der Waals surface area contributed by atoms with Gasteiger partial charge in [0.05, 0.1) is 4.88 Å². The normalized spacial score (nSPS) is 29.9. The van der Waals surface area contributed by atoms with E-state index in [2.05, 4.69) is 93.8 Å². The van der Waals surface area contributed by atoms with Crippen molar-refractivity contribution in [3.63, 3.8) is 0 Å². The van der Waals surface area contributed by atoms with Gasteiger partial charge in [-0.05, 0) is 162 Å². The molecule has 292 valence electrons. The van der Waals surface area contributed by atoms with Crippen molar-refractivity contribution in [2.24, 2.45) is 23.5 Å². The first-order chi connectivity index (χ1) is 25.2. The number of hydrogen-bond donors (Lipinski definition) is 1. The lowest BCUT2D eigenvalue weighted by Gasteiger charge is -2.56. The summed E-state index contributed by atoms with van der Waals surface area (Å²) in [5.74, 6) is 2.40. The van der Waals surface area contributed by atoms with Crippen LogP contribution in [0.25, 0.3) is 20.2 Å². The Morgan fingerprint density at radius 3 is 1.72 bits per heavy atom. The van der Waals surface area contributed by atoms with Crippen LogP contribution in [0.5, 0.6) is 5.06 Å². The van der Waals surface area contributed by atoms with Crippen molar-refractivity contribution in [2.45, 2.75) is 127 Å². The molecule has 2 aromatic heterocycles. The Bertz CT molecular complexity index is 1990. The molecule has 4 aromatic rings. The molecule has 2 aliphatic carbocycles. The smallest absolute Gasteiger partial charge is 0.299 e. The van der Waals surface area contributed by atoms with E-state index >= 15 is 0 Å². The lowest BCUT2D eigenvalue weighted by molar-refractivity contribution is -0.120. The van der Waals surface area contributed by atoms with Crippen LogP contribution in [-0.4, -0.2) is 65.4 Å². The van der Waals surface area contributed by atoms with E-state index in [-0.39, 0.29) is 23.5 Å². The lowest BCUT2D eigenvalue weighted by atomic mass is 9.65. The number of benzene rings is 2. The molecule has 0 unspecified atom stereocenters. The van der Waals surface area contributed by atoms with Crippen molar-refractivity contribution in [2.75, 3.05) is 26.2 Å². The van der Waals surface area contributed by atoms with Gasteiger partial charge in [0.25, 0.3) is 6.47 Å². The summed E-state index contributed by atoms with van der Waals surface area (Å²) in [6, 6.07) is 17.5.